The van der Waals surface area contributed by atoms with Crippen LogP contribution in [0.15, 0.2) is 42.5 Å². The van der Waals surface area contributed by atoms with E-state index in [4.69, 9.17) is 0 Å². The van der Waals surface area contributed by atoms with Crippen molar-refractivity contribution in [2.75, 3.05) is 5.32 Å². The van der Waals surface area contributed by atoms with Crippen LogP contribution in [-0.4, -0.2) is 6.61 Å². The van der Waals surface area contributed by atoms with E-state index < -0.39 is 6.61 Å². The van der Waals surface area contributed by atoms with E-state index in [1.165, 1.54) is 17.2 Å². The Labute approximate surface area is 123 Å². The monoisotopic (exact) mass is 291 g/mol. The molecule has 0 aromatic heterocycles. The van der Waals surface area contributed by atoms with Crippen molar-refractivity contribution < 1.29 is 13.5 Å². The molecule has 2 nitrogen and oxygen atoms in total. The zero-order chi connectivity index (χ0) is 15.4. The number of alkyl halides is 2. The summed E-state index contributed by atoms with van der Waals surface area (Å²) in [5.41, 5.74) is 4.35. The van der Waals surface area contributed by atoms with E-state index in [0.29, 0.717) is 0 Å². The highest BCUT2D eigenvalue weighted by molar-refractivity contribution is 5.50. The third-order valence-corrected chi connectivity index (χ3v) is 3.47. The first kappa shape index (κ1) is 15.3. The Morgan fingerprint density at radius 1 is 1.00 bits per heavy atom. The molecular formula is C17H19F2NO. The first-order valence-corrected chi connectivity index (χ1v) is 6.84. The summed E-state index contributed by atoms with van der Waals surface area (Å²) in [6.07, 6.45) is 0. The second-order valence-electron chi connectivity index (χ2n) is 5.12. The average molecular weight is 291 g/mol. The zero-order valence-electron chi connectivity index (χ0n) is 12.4. The number of ether oxygens (including phenoxy) is 1. The fourth-order valence-corrected chi connectivity index (χ4v) is 2.12. The topological polar surface area (TPSA) is 21.3 Å². The maximum Gasteiger partial charge on any atom is 0.387 e. The van der Waals surface area contributed by atoms with Gasteiger partial charge in [0.2, 0.25) is 0 Å². The summed E-state index contributed by atoms with van der Waals surface area (Å²) >= 11 is 0. The number of halogens is 2. The molecule has 2 aromatic rings. The van der Waals surface area contributed by atoms with Crippen molar-refractivity contribution >= 4 is 5.69 Å². The molecule has 0 amide bonds. The maximum absolute atomic E-state index is 12.2. The van der Waals surface area contributed by atoms with Crippen LogP contribution in [0, 0.1) is 13.8 Å². The molecule has 0 spiro atoms. The normalized spacial score (nSPS) is 12.3. The van der Waals surface area contributed by atoms with Crippen molar-refractivity contribution in [1.82, 2.24) is 0 Å². The summed E-state index contributed by atoms with van der Waals surface area (Å²) in [4.78, 5) is 0. The number of rotatable bonds is 5. The predicted molar refractivity (Wildman–Crippen MR) is 81.0 cm³/mol. The Kier molecular flexibility index (Phi) is 4.78. The Balaban J connectivity index is 2.12. The van der Waals surface area contributed by atoms with Gasteiger partial charge in [-0.15, -0.1) is 0 Å². The highest BCUT2D eigenvalue weighted by Crippen LogP contribution is 2.24. The standard InChI is InChI=1S/C17H19F2NO/c1-11-7-8-15(9-12(11)2)20-13(3)14-5-4-6-16(10-14)21-17(18)19/h4-10,13,17,20H,1-3H3. The summed E-state index contributed by atoms with van der Waals surface area (Å²) < 4.78 is 28.9. The number of aryl methyl sites for hydroxylation is 2. The third kappa shape index (κ3) is 4.18. The van der Waals surface area contributed by atoms with Crippen LogP contribution in [0.2, 0.25) is 0 Å². The van der Waals surface area contributed by atoms with Crippen LogP contribution in [0.4, 0.5) is 14.5 Å². The molecule has 0 saturated carbocycles. The number of benzene rings is 2. The van der Waals surface area contributed by atoms with Crippen molar-refractivity contribution in [1.29, 1.82) is 0 Å². The van der Waals surface area contributed by atoms with Gasteiger partial charge in [0, 0.05) is 11.7 Å². The van der Waals surface area contributed by atoms with Gasteiger partial charge in [-0.3, -0.25) is 0 Å². The van der Waals surface area contributed by atoms with Gasteiger partial charge in [0.1, 0.15) is 5.75 Å². The molecule has 0 aliphatic rings. The molecule has 2 aromatic carbocycles. The van der Waals surface area contributed by atoms with E-state index in [1.54, 1.807) is 12.1 Å². The van der Waals surface area contributed by atoms with Gasteiger partial charge >= 0.3 is 6.61 Å². The lowest BCUT2D eigenvalue weighted by molar-refractivity contribution is -0.0498. The Bertz CT molecular complexity index is 613. The lowest BCUT2D eigenvalue weighted by atomic mass is 10.1. The van der Waals surface area contributed by atoms with E-state index in [9.17, 15) is 8.78 Å². The molecule has 1 unspecified atom stereocenters. The number of hydrogen-bond donors (Lipinski definition) is 1. The maximum atomic E-state index is 12.2. The van der Waals surface area contributed by atoms with Gasteiger partial charge in [0.25, 0.3) is 0 Å². The van der Waals surface area contributed by atoms with Gasteiger partial charge in [0.05, 0.1) is 0 Å². The summed E-state index contributed by atoms with van der Waals surface area (Å²) in [5.74, 6) is 0.177. The van der Waals surface area contributed by atoms with Crippen LogP contribution in [0.3, 0.4) is 0 Å². The third-order valence-electron chi connectivity index (χ3n) is 3.47. The quantitative estimate of drug-likeness (QED) is 0.829. The molecule has 0 heterocycles. The van der Waals surface area contributed by atoms with E-state index in [-0.39, 0.29) is 11.8 Å². The van der Waals surface area contributed by atoms with Crippen molar-refractivity contribution in [2.24, 2.45) is 0 Å². The molecular weight excluding hydrogens is 272 g/mol. The SMILES string of the molecule is Cc1ccc(NC(C)c2cccc(OC(F)F)c2)cc1C. The van der Waals surface area contributed by atoms with Crippen molar-refractivity contribution in [3.8, 4) is 5.75 Å². The highest BCUT2D eigenvalue weighted by atomic mass is 19.3. The molecule has 0 aliphatic heterocycles. The molecule has 112 valence electrons. The minimum atomic E-state index is -2.80. The molecule has 21 heavy (non-hydrogen) atoms. The number of nitrogens with one attached hydrogen (secondary N) is 1. The summed E-state index contributed by atoms with van der Waals surface area (Å²) in [6, 6.07) is 12.9. The second kappa shape index (κ2) is 6.57. The van der Waals surface area contributed by atoms with Crippen LogP contribution < -0.4 is 10.1 Å². The van der Waals surface area contributed by atoms with Gasteiger partial charge in [-0.1, -0.05) is 18.2 Å². The van der Waals surface area contributed by atoms with Crippen LogP contribution >= 0.6 is 0 Å². The van der Waals surface area contributed by atoms with E-state index in [0.717, 1.165) is 11.3 Å². The highest BCUT2D eigenvalue weighted by Gasteiger charge is 2.09. The van der Waals surface area contributed by atoms with Gasteiger partial charge in [-0.2, -0.15) is 8.78 Å². The molecule has 0 radical (unpaired) electrons. The van der Waals surface area contributed by atoms with Crippen molar-refractivity contribution in [3.63, 3.8) is 0 Å². The first-order chi connectivity index (χ1) is 9.95. The van der Waals surface area contributed by atoms with Gasteiger partial charge in [-0.05, 0) is 61.7 Å². The molecule has 0 fully saturated rings. The molecule has 1 N–H and O–H groups in total. The Morgan fingerprint density at radius 3 is 2.43 bits per heavy atom. The summed E-state index contributed by atoms with van der Waals surface area (Å²) in [7, 11) is 0. The van der Waals surface area contributed by atoms with Gasteiger partial charge < -0.3 is 10.1 Å². The molecule has 0 saturated heterocycles. The van der Waals surface area contributed by atoms with E-state index in [1.807, 2.05) is 19.1 Å². The zero-order valence-corrected chi connectivity index (χ0v) is 12.4. The molecule has 0 aliphatic carbocycles. The molecule has 2 rings (SSSR count). The lowest BCUT2D eigenvalue weighted by Gasteiger charge is -2.17. The summed E-state index contributed by atoms with van der Waals surface area (Å²) in [6.45, 7) is 3.30. The van der Waals surface area contributed by atoms with Crippen LogP contribution in [0.5, 0.6) is 5.75 Å². The van der Waals surface area contributed by atoms with Crippen LogP contribution in [0.25, 0.3) is 0 Å². The van der Waals surface area contributed by atoms with Crippen LogP contribution in [-0.2, 0) is 0 Å². The molecule has 4 heteroatoms. The lowest BCUT2D eigenvalue weighted by Crippen LogP contribution is -2.08. The van der Waals surface area contributed by atoms with Gasteiger partial charge in [0.15, 0.2) is 0 Å². The Morgan fingerprint density at radius 2 is 1.76 bits per heavy atom. The Hall–Kier alpha value is -2.10. The predicted octanol–water partition coefficient (Wildman–Crippen LogP) is 5.08. The van der Waals surface area contributed by atoms with Crippen LogP contribution in [0.1, 0.15) is 29.7 Å². The summed E-state index contributed by atoms with van der Waals surface area (Å²) in [5, 5.41) is 3.36. The fraction of sp³-hybridized carbons (Fsp3) is 0.294. The fourth-order valence-electron chi connectivity index (χ4n) is 2.12. The smallest absolute Gasteiger partial charge is 0.387 e. The molecule has 0 bridgehead atoms. The second-order valence-corrected chi connectivity index (χ2v) is 5.12. The minimum absolute atomic E-state index is 0.00618. The number of hydrogen-bond acceptors (Lipinski definition) is 2. The van der Waals surface area contributed by atoms with Gasteiger partial charge in [-0.25, -0.2) is 0 Å². The van der Waals surface area contributed by atoms with E-state index in [2.05, 4.69) is 36.0 Å². The largest absolute Gasteiger partial charge is 0.435 e. The van der Waals surface area contributed by atoms with E-state index >= 15 is 0 Å². The first-order valence-electron chi connectivity index (χ1n) is 6.84. The van der Waals surface area contributed by atoms with Crippen molar-refractivity contribution in [3.05, 3.63) is 59.2 Å². The number of anilines is 1. The molecule has 1 atom stereocenters. The van der Waals surface area contributed by atoms with Crippen molar-refractivity contribution in [2.45, 2.75) is 33.4 Å². The minimum Gasteiger partial charge on any atom is -0.435 e. The average Bonchev–Trinajstić information content (AvgIpc) is 2.42.